The highest BCUT2D eigenvalue weighted by molar-refractivity contribution is 5.85. The van der Waals surface area contributed by atoms with Gasteiger partial charge in [0, 0.05) is 22.1 Å². The Morgan fingerprint density at radius 1 is 0.375 bits per heavy atom. The lowest BCUT2D eigenvalue weighted by Gasteiger charge is -2.36. The zero-order valence-corrected chi connectivity index (χ0v) is 31.0. The molecule has 0 saturated heterocycles. The Balaban J connectivity index is 0.977. The van der Waals surface area contributed by atoms with Gasteiger partial charge in [-0.05, 0) is 92.7 Å². The zero-order chi connectivity index (χ0) is 37.5. The van der Waals surface area contributed by atoms with E-state index in [1.54, 1.807) is 0 Å². The molecule has 0 N–H and O–H groups in total. The molecule has 2 aliphatic rings. The third-order valence-electron chi connectivity index (χ3n) is 11.8. The van der Waals surface area contributed by atoms with Crippen LogP contribution in [0.25, 0.3) is 78.7 Å². The normalized spacial score (nSPS) is 13.8. The van der Waals surface area contributed by atoms with Crippen LogP contribution in [0, 0.1) is 11.3 Å². The van der Waals surface area contributed by atoms with Gasteiger partial charge in [0.2, 0.25) is 0 Å². The van der Waals surface area contributed by atoms with Crippen LogP contribution in [-0.2, 0) is 5.41 Å². The Hall–Kier alpha value is -6.96. The molecule has 0 atom stereocenters. The summed E-state index contributed by atoms with van der Waals surface area (Å²) in [5, 5.41) is 9.73. The summed E-state index contributed by atoms with van der Waals surface area (Å²) in [6, 6.07) is 62.0. The predicted octanol–water partition coefficient (Wildman–Crippen LogP) is 13.0. The van der Waals surface area contributed by atoms with Crippen LogP contribution >= 0.6 is 0 Å². The van der Waals surface area contributed by atoms with Crippen LogP contribution in [0.5, 0.6) is 0 Å². The van der Waals surface area contributed by atoms with Gasteiger partial charge < -0.3 is 0 Å². The minimum absolute atomic E-state index is 0.00689. The van der Waals surface area contributed by atoms with Crippen molar-refractivity contribution in [3.63, 3.8) is 0 Å². The molecule has 2 aliphatic carbocycles. The minimum Gasteiger partial charge on any atom is -0.208 e. The lowest BCUT2D eigenvalue weighted by molar-refractivity contribution is 0.353. The van der Waals surface area contributed by atoms with E-state index in [9.17, 15) is 5.26 Å². The quantitative estimate of drug-likeness (QED) is 0.172. The number of fused-ring (bicyclic) bond motifs is 5. The van der Waals surface area contributed by atoms with Gasteiger partial charge in [-0.25, -0.2) is 15.0 Å². The molecule has 1 aromatic heterocycles. The van der Waals surface area contributed by atoms with Crippen molar-refractivity contribution in [3.8, 4) is 84.7 Å². The van der Waals surface area contributed by atoms with Crippen LogP contribution in [0.15, 0.2) is 170 Å². The molecular weight excluding hydrogens is 681 g/mol. The standard InChI is InChI=1S/C52H38N4/c53-34-35-17-27-45-46-28-26-43(33-48(46)52(47(45)31-35)29-8-3-9-30-52)39-20-18-38(19-21-39)42-15-10-16-44(32-42)51-55-49(40-13-6-2-7-14-40)54-50(56-51)41-24-22-37(23-25-41)36-11-4-1-5-12-36/h1-2,4-7,10-28,31-33H,3,8-9,29-30H2. The molecule has 1 spiro atoms. The molecule has 7 aromatic carbocycles. The average molecular weight is 719 g/mol. The van der Waals surface area contributed by atoms with Crippen LogP contribution < -0.4 is 0 Å². The maximum atomic E-state index is 9.73. The number of hydrogen-bond acceptors (Lipinski definition) is 4. The number of aromatic nitrogens is 3. The summed E-state index contributed by atoms with van der Waals surface area (Å²) in [5.41, 5.74) is 15.9. The molecule has 0 amide bonds. The summed E-state index contributed by atoms with van der Waals surface area (Å²) in [6.07, 6.45) is 5.98. The Bertz CT molecular complexity index is 2760. The second kappa shape index (κ2) is 14.0. The van der Waals surface area contributed by atoms with Gasteiger partial charge in [0.15, 0.2) is 17.5 Å². The first-order chi connectivity index (χ1) is 27.6. The number of nitriles is 1. The third-order valence-corrected chi connectivity index (χ3v) is 11.8. The van der Waals surface area contributed by atoms with Crippen molar-refractivity contribution >= 4 is 0 Å². The van der Waals surface area contributed by atoms with E-state index in [2.05, 4.69) is 133 Å². The number of benzene rings is 7. The first-order valence-corrected chi connectivity index (χ1v) is 19.5. The van der Waals surface area contributed by atoms with Crippen molar-refractivity contribution in [2.24, 2.45) is 0 Å². The minimum atomic E-state index is -0.00689. The van der Waals surface area contributed by atoms with Crippen molar-refractivity contribution in [3.05, 3.63) is 187 Å². The lowest BCUT2D eigenvalue weighted by Crippen LogP contribution is -2.28. The molecule has 8 aromatic rings. The van der Waals surface area contributed by atoms with Crippen molar-refractivity contribution in [1.82, 2.24) is 15.0 Å². The van der Waals surface area contributed by atoms with Crippen molar-refractivity contribution in [2.45, 2.75) is 37.5 Å². The SMILES string of the molecule is N#Cc1ccc2c(c1)C1(CCCCC1)c1cc(-c3ccc(-c4cccc(-c5nc(-c6ccccc6)nc(-c6ccc(-c7ccccc7)cc6)n5)c4)cc3)ccc1-2. The van der Waals surface area contributed by atoms with Gasteiger partial charge in [0.05, 0.1) is 11.6 Å². The molecule has 1 fully saturated rings. The summed E-state index contributed by atoms with van der Waals surface area (Å²) in [4.78, 5) is 15.0. The Kier molecular flexibility index (Phi) is 8.42. The predicted molar refractivity (Wildman–Crippen MR) is 226 cm³/mol. The van der Waals surface area contributed by atoms with Crippen LogP contribution in [0.1, 0.15) is 48.8 Å². The molecule has 1 saturated carbocycles. The summed E-state index contributed by atoms with van der Waals surface area (Å²) >= 11 is 0. The monoisotopic (exact) mass is 718 g/mol. The summed E-state index contributed by atoms with van der Waals surface area (Å²) in [7, 11) is 0. The summed E-state index contributed by atoms with van der Waals surface area (Å²) < 4.78 is 0. The van der Waals surface area contributed by atoms with Gasteiger partial charge in [0.25, 0.3) is 0 Å². The Morgan fingerprint density at radius 3 is 1.43 bits per heavy atom. The van der Waals surface area contributed by atoms with E-state index in [1.165, 1.54) is 58.2 Å². The van der Waals surface area contributed by atoms with Crippen molar-refractivity contribution in [1.29, 1.82) is 5.26 Å². The van der Waals surface area contributed by atoms with E-state index in [1.807, 2.05) is 42.5 Å². The van der Waals surface area contributed by atoms with E-state index < -0.39 is 0 Å². The molecule has 0 radical (unpaired) electrons. The summed E-state index contributed by atoms with van der Waals surface area (Å²) in [5.74, 6) is 1.92. The number of rotatable bonds is 6. The van der Waals surface area contributed by atoms with Gasteiger partial charge in [-0.3, -0.25) is 0 Å². The fourth-order valence-electron chi connectivity index (χ4n) is 8.92. The van der Waals surface area contributed by atoms with Crippen molar-refractivity contribution < 1.29 is 0 Å². The number of nitrogens with zero attached hydrogens (tertiary/aromatic N) is 4. The largest absolute Gasteiger partial charge is 0.208 e. The van der Waals surface area contributed by atoms with Crippen LogP contribution in [-0.4, -0.2) is 15.0 Å². The van der Waals surface area contributed by atoms with E-state index in [4.69, 9.17) is 15.0 Å². The Labute approximate surface area is 327 Å². The molecule has 4 heteroatoms. The first kappa shape index (κ1) is 33.6. The Morgan fingerprint density at radius 2 is 0.804 bits per heavy atom. The van der Waals surface area contributed by atoms with Crippen molar-refractivity contribution in [2.75, 3.05) is 0 Å². The van der Waals surface area contributed by atoms with Gasteiger partial charge in [0.1, 0.15) is 0 Å². The molecule has 4 nitrogen and oxygen atoms in total. The number of hydrogen-bond donors (Lipinski definition) is 0. The molecule has 1 heterocycles. The van der Waals surface area contributed by atoms with E-state index in [-0.39, 0.29) is 5.41 Å². The first-order valence-electron chi connectivity index (χ1n) is 19.5. The topological polar surface area (TPSA) is 62.5 Å². The maximum Gasteiger partial charge on any atom is 0.164 e. The van der Waals surface area contributed by atoms with Crippen LogP contribution in [0.3, 0.4) is 0 Å². The smallest absolute Gasteiger partial charge is 0.164 e. The van der Waals surface area contributed by atoms with Crippen LogP contribution in [0.2, 0.25) is 0 Å². The third kappa shape index (κ3) is 5.99. The molecule has 0 bridgehead atoms. The van der Waals surface area contributed by atoms with Gasteiger partial charge >= 0.3 is 0 Å². The molecule has 10 rings (SSSR count). The van der Waals surface area contributed by atoms with Gasteiger partial charge in [-0.1, -0.05) is 165 Å². The van der Waals surface area contributed by atoms with Crippen LogP contribution in [0.4, 0.5) is 0 Å². The van der Waals surface area contributed by atoms with E-state index in [0.717, 1.165) is 51.8 Å². The lowest BCUT2D eigenvalue weighted by atomic mass is 9.67. The van der Waals surface area contributed by atoms with Gasteiger partial charge in [-0.2, -0.15) is 5.26 Å². The molecule has 0 unspecified atom stereocenters. The highest BCUT2D eigenvalue weighted by Crippen LogP contribution is 2.56. The zero-order valence-electron chi connectivity index (χ0n) is 31.0. The van der Waals surface area contributed by atoms with E-state index in [0.29, 0.717) is 17.5 Å². The maximum absolute atomic E-state index is 9.73. The fourth-order valence-corrected chi connectivity index (χ4v) is 8.92. The molecule has 0 aliphatic heterocycles. The fraction of sp³-hybridized carbons (Fsp3) is 0.115. The molecular formula is C52H38N4. The summed E-state index contributed by atoms with van der Waals surface area (Å²) in [6.45, 7) is 0. The second-order valence-electron chi connectivity index (χ2n) is 15.0. The van der Waals surface area contributed by atoms with Gasteiger partial charge in [-0.15, -0.1) is 0 Å². The average Bonchev–Trinajstić information content (AvgIpc) is 3.54. The van der Waals surface area contributed by atoms with E-state index >= 15 is 0 Å². The second-order valence-corrected chi connectivity index (χ2v) is 15.0. The molecule has 56 heavy (non-hydrogen) atoms. The highest BCUT2D eigenvalue weighted by atomic mass is 15.0. The highest BCUT2D eigenvalue weighted by Gasteiger charge is 2.44. The molecule has 266 valence electrons.